The van der Waals surface area contributed by atoms with Crippen molar-refractivity contribution in [3.8, 4) is 0 Å². The van der Waals surface area contributed by atoms with Gasteiger partial charge >= 0.3 is 0 Å². The average molecular weight is 484 g/mol. The number of hydrogen-bond donors (Lipinski definition) is 2. The fraction of sp³-hybridized carbons (Fsp3) is 0.240. The number of carbonyl (C=O) groups excluding carboxylic acids is 1. The highest BCUT2D eigenvalue weighted by Gasteiger charge is 2.21. The standard InChI is InChI=1S/C25H26ClN3O3S/c1-17-6-5-7-23(18(17)2)28-33(31,32)24-16-19(8-13-22(24)26)25(30)27-20-9-11-21(12-10-20)29-14-3-4-15-29/h5-13,16,28H,3-4,14-15H2,1-2H3,(H,27,30). The Kier molecular flexibility index (Phi) is 6.63. The largest absolute Gasteiger partial charge is 0.372 e. The predicted octanol–water partition coefficient (Wildman–Crippen LogP) is 5.61. The number of nitrogens with zero attached hydrogens (tertiary/aromatic N) is 1. The fourth-order valence-electron chi connectivity index (χ4n) is 3.85. The molecule has 1 amide bonds. The van der Waals surface area contributed by atoms with Crippen LogP contribution in [0.2, 0.25) is 5.02 Å². The second-order valence-electron chi connectivity index (χ2n) is 8.19. The lowest BCUT2D eigenvalue weighted by molar-refractivity contribution is 0.102. The molecule has 1 aliphatic heterocycles. The maximum Gasteiger partial charge on any atom is 0.263 e. The molecule has 1 aliphatic rings. The number of aryl methyl sites for hydroxylation is 1. The van der Waals surface area contributed by atoms with Crippen molar-refractivity contribution in [1.29, 1.82) is 0 Å². The van der Waals surface area contributed by atoms with E-state index in [4.69, 9.17) is 11.6 Å². The Morgan fingerprint density at radius 2 is 1.67 bits per heavy atom. The minimum atomic E-state index is -3.99. The maximum absolute atomic E-state index is 13.1. The minimum absolute atomic E-state index is 0.0410. The summed E-state index contributed by atoms with van der Waals surface area (Å²) >= 11 is 6.21. The first-order valence-electron chi connectivity index (χ1n) is 10.8. The summed E-state index contributed by atoms with van der Waals surface area (Å²) in [4.78, 5) is 15.0. The number of sulfonamides is 1. The van der Waals surface area contributed by atoms with Gasteiger partial charge in [-0.3, -0.25) is 9.52 Å². The Morgan fingerprint density at radius 1 is 0.970 bits per heavy atom. The summed E-state index contributed by atoms with van der Waals surface area (Å²) in [6.07, 6.45) is 2.39. The van der Waals surface area contributed by atoms with Crippen LogP contribution in [0.4, 0.5) is 17.1 Å². The molecule has 6 nitrogen and oxygen atoms in total. The van der Waals surface area contributed by atoms with Crippen LogP contribution >= 0.6 is 11.6 Å². The van der Waals surface area contributed by atoms with Gasteiger partial charge in [0, 0.05) is 30.0 Å². The zero-order chi connectivity index (χ0) is 23.6. The first-order valence-corrected chi connectivity index (χ1v) is 12.7. The number of hydrogen-bond acceptors (Lipinski definition) is 4. The van der Waals surface area contributed by atoms with Crippen LogP contribution in [0.1, 0.15) is 34.3 Å². The third kappa shape index (κ3) is 5.15. The summed E-state index contributed by atoms with van der Waals surface area (Å²) in [5, 5.41) is 2.87. The van der Waals surface area contributed by atoms with E-state index in [1.54, 1.807) is 12.1 Å². The van der Waals surface area contributed by atoms with Crippen molar-refractivity contribution in [1.82, 2.24) is 0 Å². The second-order valence-corrected chi connectivity index (χ2v) is 10.3. The van der Waals surface area contributed by atoms with E-state index in [0.29, 0.717) is 11.4 Å². The molecule has 0 aromatic heterocycles. The number of amides is 1. The molecule has 172 valence electrons. The quantitative estimate of drug-likeness (QED) is 0.477. The zero-order valence-electron chi connectivity index (χ0n) is 18.6. The van der Waals surface area contributed by atoms with Crippen molar-refractivity contribution in [3.63, 3.8) is 0 Å². The molecule has 33 heavy (non-hydrogen) atoms. The molecule has 0 bridgehead atoms. The summed E-state index contributed by atoms with van der Waals surface area (Å²) in [5.74, 6) is -0.413. The van der Waals surface area contributed by atoms with E-state index >= 15 is 0 Å². The summed E-state index contributed by atoms with van der Waals surface area (Å²) < 4.78 is 28.7. The predicted molar refractivity (Wildman–Crippen MR) is 134 cm³/mol. The molecule has 1 fully saturated rings. The molecule has 0 radical (unpaired) electrons. The SMILES string of the molecule is Cc1cccc(NS(=O)(=O)c2cc(C(=O)Nc3ccc(N4CCCC4)cc3)ccc2Cl)c1C. The highest BCUT2D eigenvalue weighted by Crippen LogP contribution is 2.28. The molecule has 8 heteroatoms. The van der Waals surface area contributed by atoms with Gasteiger partial charge in [0.2, 0.25) is 0 Å². The van der Waals surface area contributed by atoms with Crippen LogP contribution < -0.4 is 14.9 Å². The van der Waals surface area contributed by atoms with Crippen LogP contribution in [-0.4, -0.2) is 27.4 Å². The Bertz CT molecular complexity index is 1280. The average Bonchev–Trinajstić information content (AvgIpc) is 3.32. The molecule has 0 unspecified atom stereocenters. The molecule has 4 rings (SSSR count). The normalized spacial score (nSPS) is 13.7. The summed E-state index contributed by atoms with van der Waals surface area (Å²) in [5.41, 5.74) is 4.22. The fourth-order valence-corrected chi connectivity index (χ4v) is 5.50. The molecule has 0 saturated carbocycles. The number of rotatable bonds is 6. The third-order valence-corrected chi connectivity index (χ3v) is 7.78. The van der Waals surface area contributed by atoms with E-state index in [1.807, 2.05) is 44.2 Å². The second kappa shape index (κ2) is 9.45. The van der Waals surface area contributed by atoms with Gasteiger partial charge in [-0.05, 0) is 86.3 Å². The Labute approximate surface area is 199 Å². The van der Waals surface area contributed by atoms with Crippen LogP contribution in [0.15, 0.2) is 65.6 Å². The molecular weight excluding hydrogens is 458 g/mol. The van der Waals surface area contributed by atoms with Crippen LogP contribution in [0.3, 0.4) is 0 Å². The summed E-state index contributed by atoms with van der Waals surface area (Å²) in [6, 6.07) is 17.3. The lowest BCUT2D eigenvalue weighted by atomic mass is 10.1. The van der Waals surface area contributed by atoms with Crippen molar-refractivity contribution in [2.24, 2.45) is 0 Å². The van der Waals surface area contributed by atoms with Crippen molar-refractivity contribution in [3.05, 3.63) is 82.4 Å². The van der Waals surface area contributed by atoms with Crippen LogP contribution in [0.25, 0.3) is 0 Å². The van der Waals surface area contributed by atoms with E-state index < -0.39 is 15.9 Å². The van der Waals surface area contributed by atoms with Gasteiger partial charge in [-0.15, -0.1) is 0 Å². The highest BCUT2D eigenvalue weighted by molar-refractivity contribution is 7.92. The van der Waals surface area contributed by atoms with Gasteiger partial charge in [0.05, 0.1) is 10.7 Å². The Balaban J connectivity index is 1.53. The highest BCUT2D eigenvalue weighted by atomic mass is 35.5. The molecule has 0 aliphatic carbocycles. The molecule has 2 N–H and O–H groups in total. The number of nitrogens with one attached hydrogen (secondary N) is 2. The zero-order valence-corrected chi connectivity index (χ0v) is 20.1. The van der Waals surface area contributed by atoms with E-state index in [9.17, 15) is 13.2 Å². The molecular formula is C25H26ClN3O3S. The van der Waals surface area contributed by atoms with Crippen molar-refractivity contribution >= 4 is 44.6 Å². The molecule has 0 atom stereocenters. The van der Waals surface area contributed by atoms with Gasteiger partial charge in [0.15, 0.2) is 0 Å². The lowest BCUT2D eigenvalue weighted by Gasteiger charge is -2.18. The van der Waals surface area contributed by atoms with Crippen molar-refractivity contribution in [2.45, 2.75) is 31.6 Å². The van der Waals surface area contributed by atoms with Crippen LogP contribution in [0.5, 0.6) is 0 Å². The summed E-state index contributed by atoms with van der Waals surface area (Å²) in [6.45, 7) is 5.84. The third-order valence-electron chi connectivity index (χ3n) is 5.93. The number of benzene rings is 3. The van der Waals surface area contributed by atoms with Crippen LogP contribution in [-0.2, 0) is 10.0 Å². The molecule has 3 aromatic rings. The molecule has 0 spiro atoms. The Morgan fingerprint density at radius 3 is 2.36 bits per heavy atom. The van der Waals surface area contributed by atoms with Crippen molar-refractivity contribution in [2.75, 3.05) is 28.0 Å². The first-order chi connectivity index (χ1) is 15.7. The van der Waals surface area contributed by atoms with E-state index in [2.05, 4.69) is 14.9 Å². The van der Waals surface area contributed by atoms with Gasteiger partial charge < -0.3 is 10.2 Å². The van der Waals surface area contributed by atoms with Crippen molar-refractivity contribution < 1.29 is 13.2 Å². The van der Waals surface area contributed by atoms with Gasteiger partial charge in [0.1, 0.15) is 4.90 Å². The number of carbonyl (C=O) groups is 1. The maximum atomic E-state index is 13.1. The van der Waals surface area contributed by atoms with E-state index in [-0.39, 0.29) is 15.5 Å². The number of halogens is 1. The topological polar surface area (TPSA) is 78.5 Å². The van der Waals surface area contributed by atoms with Gasteiger partial charge in [-0.1, -0.05) is 23.7 Å². The summed E-state index contributed by atoms with van der Waals surface area (Å²) in [7, 11) is -3.99. The molecule has 1 saturated heterocycles. The lowest BCUT2D eigenvalue weighted by Crippen LogP contribution is -2.18. The van der Waals surface area contributed by atoms with E-state index in [0.717, 1.165) is 29.9 Å². The first kappa shape index (κ1) is 23.1. The molecule has 1 heterocycles. The minimum Gasteiger partial charge on any atom is -0.372 e. The van der Waals surface area contributed by atoms with Gasteiger partial charge in [0.25, 0.3) is 15.9 Å². The Hall–Kier alpha value is -3.03. The van der Waals surface area contributed by atoms with Gasteiger partial charge in [-0.25, -0.2) is 8.42 Å². The monoisotopic (exact) mass is 483 g/mol. The van der Waals surface area contributed by atoms with E-state index in [1.165, 1.54) is 31.0 Å². The van der Waals surface area contributed by atoms with Crippen LogP contribution in [0, 0.1) is 13.8 Å². The van der Waals surface area contributed by atoms with Gasteiger partial charge in [-0.2, -0.15) is 0 Å². The number of anilines is 3. The molecule has 3 aromatic carbocycles. The smallest absolute Gasteiger partial charge is 0.263 e.